The summed E-state index contributed by atoms with van der Waals surface area (Å²) in [6.45, 7) is 1.05. The Hall–Kier alpha value is -0.990. The molecule has 0 saturated heterocycles. The number of nitrogens with one attached hydrogen (secondary N) is 1. The van der Waals surface area contributed by atoms with Crippen LogP contribution in [-0.4, -0.2) is 22.5 Å². The van der Waals surface area contributed by atoms with E-state index in [0.717, 1.165) is 11.6 Å². The third-order valence-corrected chi connectivity index (χ3v) is 4.73. The molecule has 0 radical (unpaired) electrons. The fourth-order valence-electron chi connectivity index (χ4n) is 3.18. The SMILES string of the molecule is CN1Cc2c([nH]c3ccc(Cl)cc23)CC12CC2. The van der Waals surface area contributed by atoms with Crippen LogP contribution in [0, 0.1) is 0 Å². The molecule has 1 aliphatic heterocycles. The van der Waals surface area contributed by atoms with Gasteiger partial charge in [0.05, 0.1) is 0 Å². The van der Waals surface area contributed by atoms with Crippen molar-refractivity contribution in [3.05, 3.63) is 34.5 Å². The second-order valence-electron chi connectivity index (χ2n) is 5.53. The topological polar surface area (TPSA) is 19.0 Å². The summed E-state index contributed by atoms with van der Waals surface area (Å²) in [4.78, 5) is 6.09. The van der Waals surface area contributed by atoms with Crippen LogP contribution in [-0.2, 0) is 13.0 Å². The van der Waals surface area contributed by atoms with E-state index >= 15 is 0 Å². The quantitative estimate of drug-likeness (QED) is 0.756. The van der Waals surface area contributed by atoms with Gasteiger partial charge in [-0.05, 0) is 43.7 Å². The summed E-state index contributed by atoms with van der Waals surface area (Å²) in [5.74, 6) is 0. The molecule has 1 aromatic carbocycles. The highest BCUT2D eigenvalue weighted by Gasteiger charge is 2.49. The highest BCUT2D eigenvalue weighted by Crippen LogP contribution is 2.48. The molecule has 0 amide bonds. The predicted molar refractivity (Wildman–Crippen MR) is 70.4 cm³/mol. The van der Waals surface area contributed by atoms with E-state index in [0.29, 0.717) is 5.54 Å². The highest BCUT2D eigenvalue weighted by atomic mass is 35.5. The molecule has 17 heavy (non-hydrogen) atoms. The van der Waals surface area contributed by atoms with Crippen LogP contribution < -0.4 is 0 Å². The van der Waals surface area contributed by atoms with Crippen LogP contribution >= 0.6 is 11.6 Å². The lowest BCUT2D eigenvalue weighted by molar-refractivity contribution is 0.194. The van der Waals surface area contributed by atoms with Gasteiger partial charge in [0.25, 0.3) is 0 Å². The number of hydrogen-bond acceptors (Lipinski definition) is 1. The van der Waals surface area contributed by atoms with Gasteiger partial charge in [0.2, 0.25) is 0 Å². The van der Waals surface area contributed by atoms with E-state index in [2.05, 4.69) is 29.1 Å². The van der Waals surface area contributed by atoms with E-state index in [1.807, 2.05) is 6.07 Å². The van der Waals surface area contributed by atoms with Gasteiger partial charge in [0.15, 0.2) is 0 Å². The third-order valence-electron chi connectivity index (χ3n) is 4.49. The van der Waals surface area contributed by atoms with E-state index in [4.69, 9.17) is 11.6 Å². The average Bonchev–Trinajstić information content (AvgIpc) is 2.99. The summed E-state index contributed by atoms with van der Waals surface area (Å²) in [5.41, 5.74) is 4.57. The van der Waals surface area contributed by atoms with Crippen LogP contribution in [0.2, 0.25) is 5.02 Å². The van der Waals surface area contributed by atoms with Crippen LogP contribution in [0.25, 0.3) is 10.9 Å². The Morgan fingerprint density at radius 1 is 1.35 bits per heavy atom. The lowest BCUT2D eigenvalue weighted by Gasteiger charge is -2.32. The largest absolute Gasteiger partial charge is 0.358 e. The number of aromatic amines is 1. The van der Waals surface area contributed by atoms with Crippen molar-refractivity contribution in [2.75, 3.05) is 7.05 Å². The van der Waals surface area contributed by atoms with Crippen LogP contribution in [0.5, 0.6) is 0 Å². The summed E-state index contributed by atoms with van der Waals surface area (Å²) in [6, 6.07) is 6.14. The molecule has 1 aromatic heterocycles. The van der Waals surface area contributed by atoms with E-state index in [1.165, 1.54) is 41.4 Å². The molecule has 2 heterocycles. The summed E-state index contributed by atoms with van der Waals surface area (Å²) < 4.78 is 0. The Bertz CT molecular complexity index is 610. The number of likely N-dealkylation sites (N-methyl/N-ethyl adjacent to an activating group) is 1. The average molecular weight is 247 g/mol. The molecule has 2 aromatic rings. The maximum absolute atomic E-state index is 6.10. The third kappa shape index (κ3) is 1.31. The van der Waals surface area contributed by atoms with Crippen molar-refractivity contribution in [1.82, 2.24) is 9.88 Å². The molecule has 88 valence electrons. The molecule has 2 nitrogen and oxygen atoms in total. The zero-order valence-corrected chi connectivity index (χ0v) is 10.6. The number of hydrogen-bond donors (Lipinski definition) is 1. The van der Waals surface area contributed by atoms with Gasteiger partial charge in [-0.3, -0.25) is 4.90 Å². The van der Waals surface area contributed by atoms with Crippen LogP contribution in [0.4, 0.5) is 0 Å². The molecule has 1 aliphatic carbocycles. The highest BCUT2D eigenvalue weighted by molar-refractivity contribution is 6.31. The van der Waals surface area contributed by atoms with Gasteiger partial charge in [0, 0.05) is 40.1 Å². The van der Waals surface area contributed by atoms with E-state index in [1.54, 1.807) is 0 Å². The van der Waals surface area contributed by atoms with Crippen LogP contribution in [0.1, 0.15) is 24.1 Å². The molecule has 0 atom stereocenters. The molecule has 1 N–H and O–H groups in total. The second-order valence-corrected chi connectivity index (χ2v) is 5.97. The molecule has 0 unspecified atom stereocenters. The minimum Gasteiger partial charge on any atom is -0.358 e. The zero-order valence-electron chi connectivity index (χ0n) is 9.89. The first-order valence-electron chi connectivity index (χ1n) is 6.18. The number of halogens is 1. The van der Waals surface area contributed by atoms with Crippen molar-refractivity contribution >= 4 is 22.5 Å². The molecule has 3 heteroatoms. The predicted octanol–water partition coefficient (Wildman–Crippen LogP) is 3.34. The Morgan fingerprint density at radius 2 is 2.18 bits per heavy atom. The Morgan fingerprint density at radius 3 is 2.94 bits per heavy atom. The van der Waals surface area contributed by atoms with Gasteiger partial charge in [-0.25, -0.2) is 0 Å². The molecular formula is C14H15ClN2. The van der Waals surface area contributed by atoms with Gasteiger partial charge in [-0.15, -0.1) is 0 Å². The van der Waals surface area contributed by atoms with Crippen LogP contribution in [0.3, 0.4) is 0 Å². The van der Waals surface area contributed by atoms with Gasteiger partial charge in [-0.1, -0.05) is 11.6 Å². The fourth-order valence-corrected chi connectivity index (χ4v) is 3.35. The van der Waals surface area contributed by atoms with Gasteiger partial charge in [0.1, 0.15) is 0 Å². The maximum atomic E-state index is 6.10. The molecule has 1 saturated carbocycles. The number of rotatable bonds is 0. The second kappa shape index (κ2) is 3.06. The standard InChI is InChI=1S/C14H15ClN2/c1-17-8-11-10-6-9(15)2-3-12(10)16-13(11)7-14(17)4-5-14/h2-3,6,16H,4-5,7-8H2,1H3. The zero-order chi connectivity index (χ0) is 11.6. The van der Waals surface area contributed by atoms with Crippen molar-refractivity contribution in [1.29, 1.82) is 0 Å². The van der Waals surface area contributed by atoms with Crippen molar-refractivity contribution in [3.63, 3.8) is 0 Å². The van der Waals surface area contributed by atoms with Crippen molar-refractivity contribution < 1.29 is 0 Å². The van der Waals surface area contributed by atoms with Gasteiger partial charge in [-0.2, -0.15) is 0 Å². The Balaban J connectivity index is 1.93. The van der Waals surface area contributed by atoms with Crippen LogP contribution in [0.15, 0.2) is 18.2 Å². The summed E-state index contributed by atoms with van der Waals surface area (Å²) in [7, 11) is 2.25. The first kappa shape index (κ1) is 9.98. The number of benzene rings is 1. The lowest BCUT2D eigenvalue weighted by atomic mass is 9.97. The van der Waals surface area contributed by atoms with Crippen molar-refractivity contribution in [2.24, 2.45) is 0 Å². The molecule has 1 spiro atoms. The Kier molecular flexibility index (Phi) is 1.80. The normalized spacial score (nSPS) is 22.0. The number of aromatic nitrogens is 1. The molecule has 2 aliphatic rings. The molecule has 4 rings (SSSR count). The molecule has 1 fully saturated rings. The van der Waals surface area contributed by atoms with Crippen molar-refractivity contribution in [2.45, 2.75) is 31.3 Å². The fraction of sp³-hybridized carbons (Fsp3) is 0.429. The maximum Gasteiger partial charge on any atom is 0.0460 e. The van der Waals surface area contributed by atoms with E-state index in [-0.39, 0.29) is 0 Å². The smallest absolute Gasteiger partial charge is 0.0460 e. The number of nitrogens with zero attached hydrogens (tertiary/aromatic N) is 1. The van der Waals surface area contributed by atoms with Gasteiger partial charge >= 0.3 is 0 Å². The molecule has 0 bridgehead atoms. The Labute approximate surface area is 106 Å². The minimum absolute atomic E-state index is 0.470. The first-order chi connectivity index (χ1) is 8.18. The lowest BCUT2D eigenvalue weighted by Crippen LogP contribution is -2.39. The summed E-state index contributed by atoms with van der Waals surface area (Å²) in [6.07, 6.45) is 3.86. The number of fused-ring (bicyclic) bond motifs is 3. The minimum atomic E-state index is 0.470. The van der Waals surface area contributed by atoms with E-state index < -0.39 is 0 Å². The first-order valence-corrected chi connectivity index (χ1v) is 6.56. The van der Waals surface area contributed by atoms with Gasteiger partial charge < -0.3 is 4.98 Å². The monoisotopic (exact) mass is 246 g/mol. The van der Waals surface area contributed by atoms with E-state index in [9.17, 15) is 0 Å². The summed E-state index contributed by atoms with van der Waals surface area (Å²) in [5, 5.41) is 2.13. The molecular weight excluding hydrogens is 232 g/mol. The van der Waals surface area contributed by atoms with Crippen molar-refractivity contribution in [3.8, 4) is 0 Å². The summed E-state index contributed by atoms with van der Waals surface area (Å²) >= 11 is 6.10. The number of H-pyrrole nitrogens is 1.